The second kappa shape index (κ2) is 8.20. The van der Waals surface area contributed by atoms with Crippen LogP contribution in [0.5, 0.6) is 0 Å². The van der Waals surface area contributed by atoms with Crippen molar-refractivity contribution in [2.45, 2.75) is 26.3 Å². The molecular formula is C20H21N5O. The van der Waals surface area contributed by atoms with Crippen LogP contribution in [-0.2, 0) is 6.54 Å². The summed E-state index contributed by atoms with van der Waals surface area (Å²) >= 11 is 0. The van der Waals surface area contributed by atoms with Crippen LogP contribution in [0.3, 0.4) is 0 Å². The van der Waals surface area contributed by atoms with Crippen LogP contribution in [0.25, 0.3) is 0 Å². The molecule has 0 fully saturated rings. The molecule has 6 nitrogen and oxygen atoms in total. The third-order valence-corrected chi connectivity index (χ3v) is 3.90. The fourth-order valence-electron chi connectivity index (χ4n) is 2.53. The molecule has 132 valence electrons. The van der Waals surface area contributed by atoms with Crippen molar-refractivity contribution in [3.63, 3.8) is 0 Å². The smallest absolute Gasteiger partial charge is 0.276 e. The largest absolute Gasteiger partial charge is 0.363 e. The van der Waals surface area contributed by atoms with Crippen LogP contribution < -0.4 is 10.6 Å². The highest BCUT2D eigenvalue weighted by Crippen LogP contribution is 2.24. The van der Waals surface area contributed by atoms with Crippen LogP contribution in [0.2, 0.25) is 0 Å². The Hall–Kier alpha value is -3.28. The molecule has 0 aliphatic heterocycles. The van der Waals surface area contributed by atoms with E-state index >= 15 is 0 Å². The standard InChI is InChI=1S/C20H21N5O/c1-14(2)16-8-3-4-9-17(16)23-20(26)18-10-11-19(25-24-18)22-13-15-7-5-6-12-21-15/h3-12,14H,13H2,1-2H3,(H,22,25)(H,23,26). The number of carbonyl (C=O) groups is 1. The number of carbonyl (C=O) groups excluding carboxylic acids is 1. The summed E-state index contributed by atoms with van der Waals surface area (Å²) < 4.78 is 0. The Balaban J connectivity index is 1.64. The van der Waals surface area contributed by atoms with E-state index in [9.17, 15) is 4.79 Å². The molecule has 1 aromatic carbocycles. The van der Waals surface area contributed by atoms with Gasteiger partial charge >= 0.3 is 0 Å². The normalized spacial score (nSPS) is 10.6. The van der Waals surface area contributed by atoms with Gasteiger partial charge in [-0.2, -0.15) is 0 Å². The topological polar surface area (TPSA) is 79.8 Å². The van der Waals surface area contributed by atoms with Gasteiger partial charge in [0.05, 0.1) is 12.2 Å². The maximum absolute atomic E-state index is 12.4. The van der Waals surface area contributed by atoms with E-state index in [0.29, 0.717) is 18.3 Å². The summed E-state index contributed by atoms with van der Waals surface area (Å²) in [4.78, 5) is 16.7. The molecule has 0 saturated carbocycles. The average molecular weight is 347 g/mol. The fourth-order valence-corrected chi connectivity index (χ4v) is 2.53. The molecule has 3 rings (SSSR count). The number of benzene rings is 1. The van der Waals surface area contributed by atoms with E-state index in [-0.39, 0.29) is 11.6 Å². The summed E-state index contributed by atoms with van der Waals surface area (Å²) in [6.45, 7) is 4.72. The number of anilines is 2. The Morgan fingerprint density at radius 3 is 2.50 bits per heavy atom. The van der Waals surface area contributed by atoms with Gasteiger partial charge in [0.15, 0.2) is 5.69 Å². The van der Waals surface area contributed by atoms with E-state index in [2.05, 4.69) is 39.7 Å². The maximum Gasteiger partial charge on any atom is 0.276 e. The number of pyridine rings is 1. The van der Waals surface area contributed by atoms with Crippen molar-refractivity contribution >= 4 is 17.4 Å². The molecular weight excluding hydrogens is 326 g/mol. The molecule has 0 saturated heterocycles. The average Bonchev–Trinajstić information content (AvgIpc) is 2.68. The number of amides is 1. The first-order valence-electron chi connectivity index (χ1n) is 8.51. The van der Waals surface area contributed by atoms with E-state index < -0.39 is 0 Å². The minimum absolute atomic E-state index is 0.270. The predicted molar refractivity (Wildman–Crippen MR) is 102 cm³/mol. The van der Waals surface area contributed by atoms with Gasteiger partial charge in [-0.15, -0.1) is 10.2 Å². The minimum atomic E-state index is -0.276. The van der Waals surface area contributed by atoms with Gasteiger partial charge in [-0.1, -0.05) is 38.1 Å². The molecule has 0 radical (unpaired) electrons. The van der Waals surface area contributed by atoms with Crippen molar-refractivity contribution < 1.29 is 4.79 Å². The van der Waals surface area contributed by atoms with E-state index in [4.69, 9.17) is 0 Å². The van der Waals surface area contributed by atoms with E-state index in [1.54, 1.807) is 18.3 Å². The van der Waals surface area contributed by atoms with Crippen LogP contribution in [0.1, 0.15) is 41.5 Å². The third kappa shape index (κ3) is 4.42. The molecule has 0 bridgehead atoms. The summed E-state index contributed by atoms with van der Waals surface area (Å²) in [6.07, 6.45) is 1.74. The van der Waals surface area contributed by atoms with Gasteiger partial charge in [0.25, 0.3) is 5.91 Å². The number of nitrogens with zero attached hydrogens (tertiary/aromatic N) is 3. The molecule has 1 amide bonds. The lowest BCUT2D eigenvalue weighted by Crippen LogP contribution is -2.16. The molecule has 0 spiro atoms. The molecule has 26 heavy (non-hydrogen) atoms. The predicted octanol–water partition coefficient (Wildman–Crippen LogP) is 3.86. The number of hydrogen-bond acceptors (Lipinski definition) is 5. The molecule has 6 heteroatoms. The van der Waals surface area contributed by atoms with E-state index in [1.165, 1.54) is 0 Å². The first-order chi connectivity index (χ1) is 12.6. The fraction of sp³-hybridized carbons (Fsp3) is 0.200. The van der Waals surface area contributed by atoms with Crippen LogP contribution >= 0.6 is 0 Å². The maximum atomic E-state index is 12.4. The van der Waals surface area contributed by atoms with Gasteiger partial charge in [-0.25, -0.2) is 0 Å². The van der Waals surface area contributed by atoms with Crippen LogP contribution in [0.15, 0.2) is 60.8 Å². The SMILES string of the molecule is CC(C)c1ccccc1NC(=O)c1ccc(NCc2ccccn2)nn1. The highest BCUT2D eigenvalue weighted by molar-refractivity contribution is 6.03. The molecule has 0 unspecified atom stereocenters. The zero-order valence-corrected chi connectivity index (χ0v) is 14.8. The highest BCUT2D eigenvalue weighted by atomic mass is 16.1. The summed E-state index contributed by atoms with van der Waals surface area (Å²) in [6, 6.07) is 16.9. The van der Waals surface area contributed by atoms with Gasteiger partial charge in [-0.05, 0) is 41.8 Å². The summed E-state index contributed by atoms with van der Waals surface area (Å²) in [5.74, 6) is 0.632. The summed E-state index contributed by atoms with van der Waals surface area (Å²) in [5, 5.41) is 14.1. The summed E-state index contributed by atoms with van der Waals surface area (Å²) in [7, 11) is 0. The van der Waals surface area contributed by atoms with Gasteiger partial charge in [-0.3, -0.25) is 9.78 Å². The van der Waals surface area contributed by atoms with Crippen molar-refractivity contribution in [1.29, 1.82) is 0 Å². The van der Waals surface area contributed by atoms with Crippen molar-refractivity contribution in [1.82, 2.24) is 15.2 Å². The highest BCUT2D eigenvalue weighted by Gasteiger charge is 2.12. The Labute approximate surface area is 152 Å². The number of hydrogen-bond donors (Lipinski definition) is 2. The molecule has 2 aromatic heterocycles. The second-order valence-corrected chi connectivity index (χ2v) is 6.17. The van der Waals surface area contributed by atoms with Crippen molar-refractivity contribution in [2.75, 3.05) is 10.6 Å². The molecule has 0 atom stereocenters. The molecule has 2 heterocycles. The van der Waals surface area contributed by atoms with Crippen molar-refractivity contribution in [3.8, 4) is 0 Å². The quantitative estimate of drug-likeness (QED) is 0.708. The zero-order chi connectivity index (χ0) is 18.4. The number of nitrogens with one attached hydrogen (secondary N) is 2. The Kier molecular flexibility index (Phi) is 5.53. The molecule has 0 aliphatic rings. The van der Waals surface area contributed by atoms with E-state index in [0.717, 1.165) is 16.9 Å². The number of para-hydroxylation sites is 1. The van der Waals surface area contributed by atoms with Crippen LogP contribution in [0.4, 0.5) is 11.5 Å². The zero-order valence-electron chi connectivity index (χ0n) is 14.8. The lowest BCUT2D eigenvalue weighted by Gasteiger charge is -2.13. The van der Waals surface area contributed by atoms with Crippen molar-refractivity contribution in [2.24, 2.45) is 0 Å². The van der Waals surface area contributed by atoms with E-state index in [1.807, 2.05) is 42.5 Å². The van der Waals surface area contributed by atoms with Crippen LogP contribution in [-0.4, -0.2) is 21.1 Å². The Morgan fingerprint density at radius 1 is 1.00 bits per heavy atom. The number of rotatable bonds is 6. The molecule has 0 aliphatic carbocycles. The van der Waals surface area contributed by atoms with Crippen molar-refractivity contribution in [3.05, 3.63) is 77.7 Å². The minimum Gasteiger partial charge on any atom is -0.363 e. The van der Waals surface area contributed by atoms with Crippen LogP contribution in [0, 0.1) is 0 Å². The third-order valence-electron chi connectivity index (χ3n) is 3.90. The lowest BCUT2D eigenvalue weighted by molar-refractivity contribution is 0.102. The molecule has 3 aromatic rings. The molecule has 2 N–H and O–H groups in total. The first-order valence-corrected chi connectivity index (χ1v) is 8.51. The number of aromatic nitrogens is 3. The summed E-state index contributed by atoms with van der Waals surface area (Å²) in [5.41, 5.74) is 3.06. The van der Waals surface area contributed by atoms with Gasteiger partial charge in [0.2, 0.25) is 0 Å². The lowest BCUT2D eigenvalue weighted by atomic mass is 10.0. The monoisotopic (exact) mass is 347 g/mol. The second-order valence-electron chi connectivity index (χ2n) is 6.17. The Bertz CT molecular complexity index is 863. The van der Waals surface area contributed by atoms with Gasteiger partial charge in [0, 0.05) is 11.9 Å². The van der Waals surface area contributed by atoms with Gasteiger partial charge < -0.3 is 10.6 Å². The van der Waals surface area contributed by atoms with Gasteiger partial charge in [0.1, 0.15) is 5.82 Å². The Morgan fingerprint density at radius 2 is 1.81 bits per heavy atom. The first kappa shape index (κ1) is 17.5.